The van der Waals surface area contributed by atoms with Crippen LogP contribution in [0.15, 0.2) is 0 Å². The molecule has 0 radical (unpaired) electrons. The summed E-state index contributed by atoms with van der Waals surface area (Å²) in [5.41, 5.74) is 0. The predicted octanol–water partition coefficient (Wildman–Crippen LogP) is -3.76. The Kier molecular flexibility index (Phi) is 7.07. The zero-order chi connectivity index (χ0) is 19.1. The molecule has 3 saturated heterocycles. The third-order valence-electron chi connectivity index (χ3n) is 4.48. The van der Waals surface area contributed by atoms with E-state index in [0.717, 1.165) is 4.90 Å². The molecule has 2 N–H and O–H groups in total. The first kappa shape index (κ1) is 22.3. The maximum atomic E-state index is 12.5. The number of ether oxygens (including phenoxy) is 1. The molecule has 0 saturated carbocycles. The average Bonchev–Trinajstić information content (AvgIpc) is 2.84. The number of hydrogen-bond acceptors (Lipinski definition) is 7. The van der Waals surface area contributed by atoms with E-state index in [9.17, 15) is 22.8 Å². The van der Waals surface area contributed by atoms with E-state index < -0.39 is 40.5 Å². The number of piperidine rings is 1. The monoisotopic (exact) mass is 415 g/mol. The van der Waals surface area contributed by atoms with E-state index in [1.165, 1.54) is 4.90 Å². The van der Waals surface area contributed by atoms with Crippen LogP contribution >= 0.6 is 0 Å². The molecule has 0 spiro atoms. The fourth-order valence-electron chi connectivity index (χ4n) is 3.23. The molecule has 2 atom stereocenters. The van der Waals surface area contributed by atoms with Crippen molar-refractivity contribution in [1.82, 2.24) is 19.9 Å². The Balaban J connectivity index is 0.00000261. The van der Waals surface area contributed by atoms with Crippen LogP contribution in [0.2, 0.25) is 0 Å². The van der Waals surface area contributed by atoms with Crippen LogP contribution in [0.5, 0.6) is 0 Å². The number of morpholine rings is 1. The Labute approximate surface area is 177 Å². The molecule has 0 aromatic carbocycles. The fraction of sp³-hybridized carbons (Fsp3) is 0.750. The van der Waals surface area contributed by atoms with Gasteiger partial charge >= 0.3 is 52.0 Å². The molecule has 3 aliphatic rings. The number of nitrogens with one attached hydrogen (secondary N) is 1. The van der Waals surface area contributed by atoms with Gasteiger partial charge in [-0.25, -0.2) is 9.59 Å². The van der Waals surface area contributed by atoms with Crippen LogP contribution in [-0.4, -0.2) is 95.7 Å². The van der Waals surface area contributed by atoms with Crippen LogP contribution in [0.25, 0.3) is 5.84 Å². The van der Waals surface area contributed by atoms with Crippen LogP contribution < -0.4 is 29.6 Å². The van der Waals surface area contributed by atoms with Crippen molar-refractivity contribution in [2.24, 2.45) is 0 Å². The molecule has 2 bridgehead atoms. The quantitative estimate of drug-likeness (QED) is 0.279. The van der Waals surface area contributed by atoms with Gasteiger partial charge in [0.25, 0.3) is 0 Å². The van der Waals surface area contributed by atoms with Crippen LogP contribution in [0.4, 0.5) is 9.59 Å². The number of amides is 5. The van der Waals surface area contributed by atoms with E-state index in [1.54, 1.807) is 0 Å². The van der Waals surface area contributed by atoms with Crippen LogP contribution in [-0.2, 0) is 24.2 Å². The molecule has 3 aliphatic heterocycles. The Bertz CT molecular complexity index is 715. The maximum Gasteiger partial charge on any atom is 1.00 e. The standard InChI is InChI=1S/C12H18N5O8S.Na/c13-16(11(19)14-3-5-24-6-4-14)10(18)9-2-1-8-7-15(9)12(20)17(8)25-26(21,22)23;/h8-9,13H,1-7H2,(H,21,22,23);/q-1;+1/t8-,9+;/m1./s1. The first-order valence-electron chi connectivity index (χ1n) is 7.88. The molecule has 15 heteroatoms. The largest absolute Gasteiger partial charge is 1.00 e. The zero-order valence-corrected chi connectivity index (χ0v) is 17.4. The number of nitrogens with zero attached hydrogens (tertiary/aromatic N) is 4. The third kappa shape index (κ3) is 4.71. The summed E-state index contributed by atoms with van der Waals surface area (Å²) in [5, 5.41) is 0.719. The van der Waals surface area contributed by atoms with Crippen molar-refractivity contribution in [3.63, 3.8) is 0 Å². The number of hydrogen-bond donors (Lipinski definition) is 1. The Morgan fingerprint density at radius 3 is 2.48 bits per heavy atom. The Hall–Kier alpha value is -1.00. The number of carbonyl (C=O) groups excluding carboxylic acids is 3. The van der Waals surface area contributed by atoms with Gasteiger partial charge in [-0.05, 0) is 12.8 Å². The van der Waals surface area contributed by atoms with E-state index in [2.05, 4.69) is 4.28 Å². The van der Waals surface area contributed by atoms with Gasteiger partial charge in [0.2, 0.25) is 5.91 Å². The predicted molar refractivity (Wildman–Crippen MR) is 82.3 cm³/mol. The number of hydroxylamine groups is 2. The van der Waals surface area contributed by atoms with Crippen molar-refractivity contribution in [3.8, 4) is 0 Å². The molecular weight excluding hydrogens is 397 g/mol. The fourth-order valence-corrected chi connectivity index (χ4v) is 3.62. The molecule has 3 rings (SSSR count). The first-order chi connectivity index (χ1) is 12.2. The summed E-state index contributed by atoms with van der Waals surface area (Å²) in [4.78, 5) is 39.4. The maximum absolute atomic E-state index is 12.5. The summed E-state index contributed by atoms with van der Waals surface area (Å²) in [6, 6.07) is -3.47. The minimum atomic E-state index is -4.89. The van der Waals surface area contributed by atoms with Gasteiger partial charge in [0.15, 0.2) is 0 Å². The summed E-state index contributed by atoms with van der Waals surface area (Å²) in [6.07, 6.45) is 0.347. The summed E-state index contributed by atoms with van der Waals surface area (Å²) in [7, 11) is -4.89. The number of imide groups is 1. The molecule has 0 aromatic rings. The first-order valence-corrected chi connectivity index (χ1v) is 9.24. The van der Waals surface area contributed by atoms with Gasteiger partial charge in [0, 0.05) is 19.6 Å². The molecule has 27 heavy (non-hydrogen) atoms. The molecule has 3 heterocycles. The molecular formula is C12H18N5NaO8S. The summed E-state index contributed by atoms with van der Waals surface area (Å²) < 4.78 is 39.9. The van der Waals surface area contributed by atoms with Crippen molar-refractivity contribution in [1.29, 1.82) is 0 Å². The van der Waals surface area contributed by atoms with E-state index in [-0.39, 0.29) is 67.0 Å². The normalized spacial score (nSPS) is 25.3. The van der Waals surface area contributed by atoms with Crippen molar-refractivity contribution in [3.05, 3.63) is 5.84 Å². The molecule has 0 aromatic heterocycles. The second kappa shape index (κ2) is 8.57. The summed E-state index contributed by atoms with van der Waals surface area (Å²) in [6.45, 7) is 1.13. The van der Waals surface area contributed by atoms with Gasteiger partial charge in [-0.1, -0.05) is 0 Å². The van der Waals surface area contributed by atoms with Gasteiger partial charge in [-0.2, -0.15) is 13.5 Å². The number of carbonyl (C=O) groups is 3. The van der Waals surface area contributed by atoms with E-state index in [4.69, 9.17) is 15.1 Å². The number of rotatable bonds is 3. The second-order valence-corrected chi connectivity index (χ2v) is 7.07. The molecule has 5 amide bonds. The van der Waals surface area contributed by atoms with E-state index >= 15 is 0 Å². The van der Waals surface area contributed by atoms with Gasteiger partial charge in [-0.15, -0.1) is 4.28 Å². The van der Waals surface area contributed by atoms with Crippen molar-refractivity contribution >= 4 is 28.4 Å². The van der Waals surface area contributed by atoms with Crippen LogP contribution in [0.3, 0.4) is 0 Å². The smallest absolute Gasteiger partial charge is 0.572 e. The van der Waals surface area contributed by atoms with E-state index in [1.807, 2.05) is 0 Å². The molecule has 146 valence electrons. The van der Waals surface area contributed by atoms with Crippen molar-refractivity contribution in [2.45, 2.75) is 24.9 Å². The van der Waals surface area contributed by atoms with Crippen LogP contribution in [0, 0.1) is 0 Å². The Morgan fingerprint density at radius 2 is 1.89 bits per heavy atom. The third-order valence-corrected chi connectivity index (χ3v) is 4.82. The van der Waals surface area contributed by atoms with Crippen molar-refractivity contribution in [2.75, 3.05) is 32.8 Å². The minimum Gasteiger partial charge on any atom is -0.572 e. The van der Waals surface area contributed by atoms with Gasteiger partial charge in [0.05, 0.1) is 19.3 Å². The van der Waals surface area contributed by atoms with Gasteiger partial charge in [-0.3, -0.25) is 9.35 Å². The molecule has 0 unspecified atom stereocenters. The summed E-state index contributed by atoms with van der Waals surface area (Å²) in [5.74, 6) is 6.94. The van der Waals surface area contributed by atoms with Crippen molar-refractivity contribution < 1.29 is 65.9 Å². The van der Waals surface area contributed by atoms with Gasteiger partial charge < -0.3 is 25.4 Å². The molecule has 0 aliphatic carbocycles. The SMILES string of the molecule is [NH-]N(C(=O)[C@@H]1CC[C@@H]2CN1C(=O)N2OS(=O)(=O)O)C(=O)N1CCOCC1.[Na+]. The second-order valence-electron chi connectivity index (χ2n) is 6.07. The average molecular weight is 415 g/mol. The molecule has 13 nitrogen and oxygen atoms in total. The number of fused-ring (bicyclic) bond motifs is 2. The number of urea groups is 2. The summed E-state index contributed by atoms with van der Waals surface area (Å²) >= 11 is 0. The zero-order valence-electron chi connectivity index (χ0n) is 14.6. The minimum absolute atomic E-state index is 0. The Morgan fingerprint density at radius 1 is 1.26 bits per heavy atom. The van der Waals surface area contributed by atoms with Crippen LogP contribution in [0.1, 0.15) is 12.8 Å². The molecule has 3 fully saturated rings. The van der Waals surface area contributed by atoms with E-state index in [0.29, 0.717) is 18.3 Å². The topological polar surface area (TPSA) is 161 Å². The van der Waals surface area contributed by atoms with Gasteiger partial charge in [0.1, 0.15) is 6.04 Å².